The Morgan fingerprint density at radius 1 is 0.921 bits per heavy atom. The molecule has 0 aliphatic carbocycles. The largest absolute Gasteiger partial charge is 0.508 e. The summed E-state index contributed by atoms with van der Waals surface area (Å²) in [5.41, 5.74) is 5.12. The average Bonchev–Trinajstić information content (AvgIpc) is 3.34. The van der Waals surface area contributed by atoms with Gasteiger partial charge in [-0.15, -0.1) is 0 Å². The van der Waals surface area contributed by atoms with Gasteiger partial charge in [0, 0.05) is 29.4 Å². The second-order valence-electron chi connectivity index (χ2n) is 9.00. The van der Waals surface area contributed by atoms with Gasteiger partial charge in [0.15, 0.2) is 0 Å². The summed E-state index contributed by atoms with van der Waals surface area (Å²) in [7, 11) is 0. The van der Waals surface area contributed by atoms with Crippen molar-refractivity contribution in [1.82, 2.24) is 14.7 Å². The summed E-state index contributed by atoms with van der Waals surface area (Å²) >= 11 is 5.98. The summed E-state index contributed by atoms with van der Waals surface area (Å²) in [6, 6.07) is 24.0. The number of fused-ring (bicyclic) bond motifs is 1. The highest BCUT2D eigenvalue weighted by Crippen LogP contribution is 2.23. The number of carboxylic acid groups (broad SMARTS) is 1. The minimum atomic E-state index is -1.16. The molecular weight excluding hydrogens is 502 g/mol. The van der Waals surface area contributed by atoms with Gasteiger partial charge in [-0.1, -0.05) is 60.1 Å². The summed E-state index contributed by atoms with van der Waals surface area (Å²) in [5, 5.41) is 23.2. The second-order valence-corrected chi connectivity index (χ2v) is 9.44. The molecule has 0 saturated heterocycles. The fourth-order valence-corrected chi connectivity index (χ4v) is 4.47. The number of nitrogens with zero attached hydrogens (tertiary/aromatic N) is 2. The van der Waals surface area contributed by atoms with E-state index in [1.165, 1.54) is 6.07 Å². The Balaban J connectivity index is 1.35. The molecule has 0 bridgehead atoms. The van der Waals surface area contributed by atoms with Crippen LogP contribution in [0.2, 0.25) is 5.02 Å². The van der Waals surface area contributed by atoms with Crippen LogP contribution in [0.3, 0.4) is 0 Å². The summed E-state index contributed by atoms with van der Waals surface area (Å²) in [6.07, 6.45) is 4.02. The van der Waals surface area contributed by atoms with Gasteiger partial charge in [0.1, 0.15) is 17.4 Å². The highest BCUT2D eigenvalue weighted by molar-refractivity contribution is 6.30. The van der Waals surface area contributed by atoms with E-state index in [1.54, 1.807) is 53.2 Å². The number of aliphatic carboxylic acids is 1. The number of phenols is 1. The van der Waals surface area contributed by atoms with Crippen LogP contribution in [0.25, 0.3) is 16.9 Å². The van der Waals surface area contributed by atoms with Gasteiger partial charge in [-0.2, -0.15) is 0 Å². The molecule has 8 heteroatoms. The molecule has 3 N–H and O–H groups in total. The lowest BCUT2D eigenvalue weighted by Gasteiger charge is -2.17. The Labute approximate surface area is 224 Å². The average molecular weight is 526 g/mol. The first-order chi connectivity index (χ1) is 18.4. The topological polar surface area (TPSA) is 104 Å². The maximum Gasteiger partial charge on any atom is 0.326 e. The van der Waals surface area contributed by atoms with Gasteiger partial charge in [-0.05, 0) is 59.5 Å². The number of hydrogen-bond donors (Lipinski definition) is 3. The number of carboxylic acids is 1. The number of phenolic OH excluding ortho intramolecular Hbond substituents is 1. The van der Waals surface area contributed by atoms with E-state index in [1.807, 2.05) is 42.5 Å². The number of hydrogen-bond acceptors (Lipinski definition) is 4. The molecular formula is C30H24ClN3O4. The van der Waals surface area contributed by atoms with Crippen molar-refractivity contribution in [3.63, 3.8) is 0 Å². The molecule has 0 radical (unpaired) electrons. The smallest absolute Gasteiger partial charge is 0.326 e. The number of rotatable bonds is 8. The molecule has 0 unspecified atom stereocenters. The van der Waals surface area contributed by atoms with Crippen LogP contribution in [0.5, 0.6) is 5.75 Å². The molecule has 0 aliphatic rings. The summed E-state index contributed by atoms with van der Waals surface area (Å²) in [5.74, 6) is -1.56. The number of pyridine rings is 1. The molecule has 0 saturated carbocycles. The van der Waals surface area contributed by atoms with E-state index in [9.17, 15) is 19.8 Å². The highest BCUT2D eigenvalue weighted by atomic mass is 35.5. The zero-order valence-corrected chi connectivity index (χ0v) is 21.0. The molecule has 5 rings (SSSR count). The Kier molecular flexibility index (Phi) is 7.11. The van der Waals surface area contributed by atoms with Crippen LogP contribution in [0.15, 0.2) is 97.3 Å². The molecule has 2 heterocycles. The van der Waals surface area contributed by atoms with Crippen molar-refractivity contribution in [3.05, 3.63) is 125 Å². The van der Waals surface area contributed by atoms with Crippen molar-refractivity contribution < 1.29 is 19.8 Å². The highest BCUT2D eigenvalue weighted by Gasteiger charge is 2.23. The van der Waals surface area contributed by atoms with Gasteiger partial charge >= 0.3 is 5.97 Å². The monoisotopic (exact) mass is 525 g/mol. The Morgan fingerprint density at radius 3 is 2.42 bits per heavy atom. The number of nitrogens with one attached hydrogen (secondary N) is 1. The van der Waals surface area contributed by atoms with Crippen molar-refractivity contribution in [3.8, 4) is 17.0 Å². The minimum absolute atomic E-state index is 0.0670. The number of aromatic nitrogens is 2. The molecule has 3 aromatic carbocycles. The van der Waals surface area contributed by atoms with Gasteiger partial charge in [0.05, 0.1) is 11.3 Å². The summed E-state index contributed by atoms with van der Waals surface area (Å²) < 4.78 is 1.73. The number of imidazole rings is 1. The van der Waals surface area contributed by atoms with Crippen LogP contribution in [-0.4, -0.2) is 37.5 Å². The second kappa shape index (κ2) is 10.8. The first-order valence-corrected chi connectivity index (χ1v) is 12.4. The zero-order valence-electron chi connectivity index (χ0n) is 20.2. The van der Waals surface area contributed by atoms with E-state index >= 15 is 0 Å². The van der Waals surface area contributed by atoms with E-state index < -0.39 is 17.9 Å². The van der Waals surface area contributed by atoms with Crippen LogP contribution < -0.4 is 5.32 Å². The molecule has 0 aliphatic heterocycles. The molecule has 7 nitrogen and oxygen atoms in total. The third-order valence-electron chi connectivity index (χ3n) is 6.31. The van der Waals surface area contributed by atoms with Crippen LogP contribution in [0, 0.1) is 0 Å². The predicted octanol–water partition coefficient (Wildman–Crippen LogP) is 5.38. The quantitative estimate of drug-likeness (QED) is 0.252. The molecule has 0 spiro atoms. The van der Waals surface area contributed by atoms with E-state index in [0.29, 0.717) is 22.7 Å². The lowest BCUT2D eigenvalue weighted by Crippen LogP contribution is -2.42. The fourth-order valence-electron chi connectivity index (χ4n) is 4.34. The molecule has 2 aromatic heterocycles. The number of halogens is 1. The van der Waals surface area contributed by atoms with Gasteiger partial charge in [0.2, 0.25) is 0 Å². The first-order valence-electron chi connectivity index (χ1n) is 12.0. The zero-order chi connectivity index (χ0) is 26.6. The van der Waals surface area contributed by atoms with Crippen LogP contribution in [0.1, 0.15) is 27.0 Å². The molecule has 1 atom stereocenters. The fraction of sp³-hybridized carbons (Fsp3) is 0.100. The number of amides is 1. The van der Waals surface area contributed by atoms with E-state index in [0.717, 1.165) is 27.9 Å². The predicted molar refractivity (Wildman–Crippen MR) is 146 cm³/mol. The van der Waals surface area contributed by atoms with Crippen LogP contribution in [0.4, 0.5) is 0 Å². The van der Waals surface area contributed by atoms with Gasteiger partial charge < -0.3 is 19.9 Å². The number of carbonyl (C=O) groups is 2. The van der Waals surface area contributed by atoms with E-state index in [2.05, 4.69) is 10.3 Å². The number of aromatic hydroxyl groups is 1. The van der Waals surface area contributed by atoms with Crippen LogP contribution >= 0.6 is 11.6 Å². The number of benzene rings is 3. The van der Waals surface area contributed by atoms with Crippen molar-refractivity contribution >= 4 is 29.1 Å². The van der Waals surface area contributed by atoms with E-state index in [-0.39, 0.29) is 12.2 Å². The molecule has 1 amide bonds. The van der Waals surface area contributed by atoms with Crippen molar-refractivity contribution in [2.24, 2.45) is 0 Å². The SMILES string of the molecule is O=C(N[C@@H](Cc1ccc(O)cc1Cc1ccccc1)C(=O)O)c1ccc2nc(-c3ccc(Cl)cc3)cn2c1. The summed E-state index contributed by atoms with van der Waals surface area (Å²) in [4.78, 5) is 29.8. The lowest BCUT2D eigenvalue weighted by atomic mass is 9.95. The standard InChI is InChI=1S/C30H24ClN3O4/c31-24-10-6-20(7-11-24)27-18-34-17-22(9-13-28(34)32-27)29(36)33-26(30(37)38)16-21-8-12-25(35)15-23(21)14-19-4-2-1-3-5-19/h1-13,15,17-18,26,35H,14,16H2,(H,33,36)(H,37,38)/t26-/m0/s1. The third kappa shape index (κ3) is 5.68. The van der Waals surface area contributed by atoms with Gasteiger partial charge in [-0.25, -0.2) is 9.78 Å². The van der Waals surface area contributed by atoms with Crippen molar-refractivity contribution in [1.29, 1.82) is 0 Å². The van der Waals surface area contributed by atoms with Crippen molar-refractivity contribution in [2.75, 3.05) is 0 Å². The Morgan fingerprint density at radius 2 is 1.68 bits per heavy atom. The molecule has 0 fully saturated rings. The molecule has 38 heavy (non-hydrogen) atoms. The molecule has 190 valence electrons. The Hall–Kier alpha value is -4.62. The first kappa shape index (κ1) is 25.0. The normalized spacial score (nSPS) is 11.8. The third-order valence-corrected chi connectivity index (χ3v) is 6.56. The van der Waals surface area contributed by atoms with E-state index in [4.69, 9.17) is 11.6 Å². The number of carbonyl (C=O) groups excluding carboxylic acids is 1. The van der Waals surface area contributed by atoms with Gasteiger partial charge in [-0.3, -0.25) is 4.79 Å². The maximum absolute atomic E-state index is 13.1. The maximum atomic E-state index is 13.1. The summed E-state index contributed by atoms with van der Waals surface area (Å²) in [6.45, 7) is 0. The lowest BCUT2D eigenvalue weighted by molar-refractivity contribution is -0.139. The van der Waals surface area contributed by atoms with Gasteiger partial charge in [0.25, 0.3) is 5.91 Å². The molecule has 5 aromatic rings. The Bertz CT molecular complexity index is 1610. The minimum Gasteiger partial charge on any atom is -0.508 e. The van der Waals surface area contributed by atoms with Crippen LogP contribution in [-0.2, 0) is 17.6 Å². The van der Waals surface area contributed by atoms with Crippen molar-refractivity contribution in [2.45, 2.75) is 18.9 Å².